The van der Waals surface area contributed by atoms with Crippen LogP contribution in [0.2, 0.25) is 0 Å². The lowest BCUT2D eigenvalue weighted by Crippen LogP contribution is -2.50. The third kappa shape index (κ3) is 3.91. The maximum Gasteiger partial charge on any atom is 0.321 e. The molecule has 1 atom stereocenters. The minimum Gasteiger partial charge on any atom is -0.480 e. The number of carbonyl (C=O) groups is 1. The first-order chi connectivity index (χ1) is 7.86. The molecule has 0 aliphatic carbocycles. The first kappa shape index (κ1) is 14.4. The highest BCUT2D eigenvalue weighted by atomic mass is 32.2. The van der Waals surface area contributed by atoms with Crippen molar-refractivity contribution in [1.82, 2.24) is 9.03 Å². The van der Waals surface area contributed by atoms with E-state index in [4.69, 9.17) is 9.84 Å². The summed E-state index contributed by atoms with van der Waals surface area (Å²) in [7, 11) is -2.12. The monoisotopic (exact) mass is 266 g/mol. The average Bonchev–Trinajstić information content (AvgIpc) is 2.28. The average molecular weight is 266 g/mol. The molecule has 0 unspecified atom stereocenters. The Balaban J connectivity index is 2.57. The molecule has 1 rings (SSSR count). The number of piperidine rings is 1. The van der Waals surface area contributed by atoms with Crippen LogP contribution < -0.4 is 4.72 Å². The van der Waals surface area contributed by atoms with Gasteiger partial charge in [-0.25, -0.2) is 0 Å². The molecule has 1 fully saturated rings. The number of methoxy groups -OCH3 is 1. The predicted octanol–water partition coefficient (Wildman–Crippen LogP) is -0.595. The number of aliphatic carboxylic acids is 1. The number of hydrogen-bond acceptors (Lipinski definition) is 4. The molecular weight excluding hydrogens is 248 g/mol. The van der Waals surface area contributed by atoms with E-state index in [0.29, 0.717) is 25.9 Å². The third-order valence-corrected chi connectivity index (χ3v) is 4.47. The second-order valence-corrected chi connectivity index (χ2v) is 5.72. The molecule has 1 heterocycles. The van der Waals surface area contributed by atoms with Crippen molar-refractivity contribution in [3.8, 4) is 0 Å². The van der Waals surface area contributed by atoms with Gasteiger partial charge >= 0.3 is 5.97 Å². The SMILES string of the molecule is COC1CCN(S(=O)(=O)N[C@H](C)C(=O)O)CC1. The van der Waals surface area contributed by atoms with Gasteiger partial charge in [0, 0.05) is 20.2 Å². The normalized spacial score (nSPS) is 21.3. The van der Waals surface area contributed by atoms with Crippen LogP contribution >= 0.6 is 0 Å². The Bertz CT molecular complexity index is 362. The zero-order valence-corrected chi connectivity index (χ0v) is 10.7. The molecule has 1 aliphatic heterocycles. The van der Waals surface area contributed by atoms with Crippen molar-refractivity contribution < 1.29 is 23.1 Å². The van der Waals surface area contributed by atoms with Crippen molar-refractivity contribution in [2.75, 3.05) is 20.2 Å². The van der Waals surface area contributed by atoms with Crippen molar-refractivity contribution >= 4 is 16.2 Å². The fourth-order valence-electron chi connectivity index (χ4n) is 1.66. The smallest absolute Gasteiger partial charge is 0.321 e. The van der Waals surface area contributed by atoms with Crippen LogP contribution in [0.25, 0.3) is 0 Å². The Morgan fingerprint density at radius 2 is 2.00 bits per heavy atom. The summed E-state index contributed by atoms with van der Waals surface area (Å²) in [5.74, 6) is -1.19. The molecule has 0 radical (unpaired) electrons. The van der Waals surface area contributed by atoms with E-state index in [1.165, 1.54) is 11.2 Å². The Morgan fingerprint density at radius 3 is 2.41 bits per heavy atom. The highest BCUT2D eigenvalue weighted by Gasteiger charge is 2.30. The Hall–Kier alpha value is -0.700. The number of rotatable bonds is 5. The van der Waals surface area contributed by atoms with Crippen LogP contribution in [0.4, 0.5) is 0 Å². The highest BCUT2D eigenvalue weighted by Crippen LogP contribution is 2.15. The number of nitrogens with one attached hydrogen (secondary N) is 1. The fraction of sp³-hybridized carbons (Fsp3) is 0.889. The van der Waals surface area contributed by atoms with Crippen LogP contribution in [0.1, 0.15) is 19.8 Å². The van der Waals surface area contributed by atoms with Gasteiger partial charge in [-0.15, -0.1) is 0 Å². The fourth-order valence-corrected chi connectivity index (χ4v) is 3.04. The van der Waals surface area contributed by atoms with Gasteiger partial charge in [-0.05, 0) is 19.8 Å². The van der Waals surface area contributed by atoms with Crippen LogP contribution in [-0.4, -0.2) is 56.1 Å². The Kier molecular flexibility index (Phi) is 4.87. The molecule has 100 valence electrons. The highest BCUT2D eigenvalue weighted by molar-refractivity contribution is 7.87. The topological polar surface area (TPSA) is 95.9 Å². The molecule has 0 aromatic carbocycles. The maximum absolute atomic E-state index is 11.8. The second-order valence-electron chi connectivity index (χ2n) is 4.02. The molecule has 0 aromatic rings. The van der Waals surface area contributed by atoms with E-state index in [0.717, 1.165) is 0 Å². The summed E-state index contributed by atoms with van der Waals surface area (Å²) in [5, 5.41) is 8.66. The van der Waals surface area contributed by atoms with E-state index in [1.54, 1.807) is 7.11 Å². The standard InChI is InChI=1S/C9H18N2O5S/c1-7(9(12)13)10-17(14,15)11-5-3-8(16-2)4-6-11/h7-8,10H,3-6H2,1-2H3,(H,12,13)/t7-/m1/s1. The first-order valence-electron chi connectivity index (χ1n) is 5.40. The van der Waals surface area contributed by atoms with Gasteiger partial charge in [0.2, 0.25) is 0 Å². The molecule has 1 aliphatic rings. The number of hydrogen-bond donors (Lipinski definition) is 2. The van der Waals surface area contributed by atoms with Gasteiger partial charge in [-0.1, -0.05) is 0 Å². The van der Waals surface area contributed by atoms with E-state index < -0.39 is 22.2 Å². The van der Waals surface area contributed by atoms with Crippen LogP contribution in [-0.2, 0) is 19.7 Å². The van der Waals surface area contributed by atoms with Gasteiger partial charge < -0.3 is 9.84 Å². The van der Waals surface area contributed by atoms with Crippen molar-refractivity contribution in [2.45, 2.75) is 31.9 Å². The van der Waals surface area contributed by atoms with Gasteiger partial charge in [0.15, 0.2) is 0 Å². The van der Waals surface area contributed by atoms with Gasteiger partial charge in [-0.2, -0.15) is 17.4 Å². The van der Waals surface area contributed by atoms with Crippen LogP contribution in [0.3, 0.4) is 0 Å². The zero-order valence-electron chi connectivity index (χ0n) is 9.92. The lowest BCUT2D eigenvalue weighted by atomic mass is 10.1. The quantitative estimate of drug-likeness (QED) is 0.693. The van der Waals surface area contributed by atoms with E-state index in [1.807, 2.05) is 0 Å². The molecule has 7 nitrogen and oxygen atoms in total. The minimum atomic E-state index is -3.71. The lowest BCUT2D eigenvalue weighted by molar-refractivity contribution is -0.138. The predicted molar refractivity (Wildman–Crippen MR) is 60.8 cm³/mol. The van der Waals surface area contributed by atoms with Crippen molar-refractivity contribution in [2.24, 2.45) is 0 Å². The van der Waals surface area contributed by atoms with Gasteiger partial charge in [0.05, 0.1) is 6.10 Å². The Labute approximate surface area is 101 Å². The third-order valence-electron chi connectivity index (χ3n) is 2.77. The van der Waals surface area contributed by atoms with E-state index in [9.17, 15) is 13.2 Å². The number of nitrogens with zero attached hydrogens (tertiary/aromatic N) is 1. The molecule has 0 amide bonds. The molecular formula is C9H18N2O5S. The molecule has 0 bridgehead atoms. The molecule has 2 N–H and O–H groups in total. The first-order valence-corrected chi connectivity index (χ1v) is 6.84. The molecule has 0 saturated carbocycles. The minimum absolute atomic E-state index is 0.0818. The molecule has 8 heteroatoms. The molecule has 1 saturated heterocycles. The van der Waals surface area contributed by atoms with E-state index >= 15 is 0 Å². The largest absolute Gasteiger partial charge is 0.480 e. The van der Waals surface area contributed by atoms with Gasteiger partial charge in [0.1, 0.15) is 6.04 Å². The van der Waals surface area contributed by atoms with Crippen molar-refractivity contribution in [1.29, 1.82) is 0 Å². The van der Waals surface area contributed by atoms with Crippen LogP contribution in [0, 0.1) is 0 Å². The number of ether oxygens (including phenoxy) is 1. The summed E-state index contributed by atoms with van der Waals surface area (Å²) in [6, 6.07) is -1.12. The number of carboxylic acids is 1. The summed E-state index contributed by atoms with van der Waals surface area (Å²) in [5.41, 5.74) is 0. The van der Waals surface area contributed by atoms with E-state index in [-0.39, 0.29) is 6.10 Å². The van der Waals surface area contributed by atoms with Crippen LogP contribution in [0.15, 0.2) is 0 Å². The lowest BCUT2D eigenvalue weighted by Gasteiger charge is -2.30. The van der Waals surface area contributed by atoms with Crippen molar-refractivity contribution in [3.63, 3.8) is 0 Å². The van der Waals surface area contributed by atoms with Crippen molar-refractivity contribution in [3.05, 3.63) is 0 Å². The number of carboxylic acid groups (broad SMARTS) is 1. The van der Waals surface area contributed by atoms with Crippen LogP contribution in [0.5, 0.6) is 0 Å². The molecule has 0 spiro atoms. The summed E-state index contributed by atoms with van der Waals surface area (Å²) in [6.45, 7) is 1.99. The zero-order chi connectivity index (χ0) is 13.1. The summed E-state index contributed by atoms with van der Waals surface area (Å²) in [4.78, 5) is 10.6. The Morgan fingerprint density at radius 1 is 1.47 bits per heavy atom. The summed E-state index contributed by atoms with van der Waals surface area (Å²) < 4.78 is 32.1. The maximum atomic E-state index is 11.8. The van der Waals surface area contributed by atoms with Gasteiger partial charge in [-0.3, -0.25) is 4.79 Å². The summed E-state index contributed by atoms with van der Waals surface area (Å²) >= 11 is 0. The summed E-state index contributed by atoms with van der Waals surface area (Å²) in [6.07, 6.45) is 1.33. The van der Waals surface area contributed by atoms with Gasteiger partial charge in [0.25, 0.3) is 10.2 Å². The van der Waals surface area contributed by atoms with E-state index in [2.05, 4.69) is 4.72 Å². The second kappa shape index (κ2) is 5.76. The molecule has 17 heavy (non-hydrogen) atoms. The molecule has 0 aromatic heterocycles.